The summed E-state index contributed by atoms with van der Waals surface area (Å²) in [6.45, 7) is 5.34. The zero-order valence-electron chi connectivity index (χ0n) is 20.5. The average Bonchev–Trinajstić information content (AvgIpc) is 2.86. The molecule has 0 bridgehead atoms. The van der Waals surface area contributed by atoms with Crippen LogP contribution in [0, 0.1) is 11.8 Å². The molecule has 0 aromatic rings. The fraction of sp³-hybridized carbons (Fsp3) is 0.640. The fourth-order valence-corrected chi connectivity index (χ4v) is 6.79. The van der Waals surface area contributed by atoms with Gasteiger partial charge in [-0.3, -0.25) is 0 Å². The number of nitrogens with zero attached hydrogens (tertiary/aromatic N) is 3. The number of ether oxygens (including phenoxy) is 2. The van der Waals surface area contributed by atoms with Gasteiger partial charge in [0.05, 0.1) is 5.75 Å². The standard InChI is InChI=1S/C25H37N3O6S/c1-26-13-15-28(16-14-26)35(31,32)17-5-10-27-11-8-21(9-12-27)24(20-6-3-2-4-7-20)22-18-34-23(19-33-22)25(29)30/h2-3,6,18-19,21,24H,4-5,7-17H2,1H3,(H,29,30). The molecule has 0 aromatic carbocycles. The highest BCUT2D eigenvalue weighted by Crippen LogP contribution is 2.40. The predicted octanol–water partition coefficient (Wildman–Crippen LogP) is 2.37. The van der Waals surface area contributed by atoms with Gasteiger partial charge in [0.2, 0.25) is 15.8 Å². The molecule has 4 aliphatic rings. The Morgan fingerprint density at radius 2 is 1.86 bits per heavy atom. The summed E-state index contributed by atoms with van der Waals surface area (Å²) < 4.78 is 38.1. The maximum atomic E-state index is 12.7. The van der Waals surface area contributed by atoms with Gasteiger partial charge in [0.1, 0.15) is 18.3 Å². The van der Waals surface area contributed by atoms with E-state index < -0.39 is 16.0 Å². The first-order chi connectivity index (χ1) is 16.8. The Labute approximate surface area is 208 Å². The molecule has 35 heavy (non-hydrogen) atoms. The zero-order chi connectivity index (χ0) is 24.8. The first kappa shape index (κ1) is 25.9. The van der Waals surface area contributed by atoms with Gasteiger partial charge < -0.3 is 24.4 Å². The predicted molar refractivity (Wildman–Crippen MR) is 133 cm³/mol. The smallest absolute Gasteiger partial charge is 0.375 e. The summed E-state index contributed by atoms with van der Waals surface area (Å²) in [7, 11) is -1.17. The third-order valence-electron chi connectivity index (χ3n) is 7.40. The normalized spacial score (nSPS) is 24.1. The molecule has 2 fully saturated rings. The van der Waals surface area contributed by atoms with Crippen LogP contribution in [0.15, 0.2) is 47.8 Å². The van der Waals surface area contributed by atoms with E-state index in [9.17, 15) is 13.2 Å². The van der Waals surface area contributed by atoms with Gasteiger partial charge in [0.15, 0.2) is 0 Å². The van der Waals surface area contributed by atoms with Crippen molar-refractivity contribution >= 4 is 16.0 Å². The summed E-state index contributed by atoms with van der Waals surface area (Å²) in [6, 6.07) is 0. The molecule has 3 heterocycles. The Bertz CT molecular complexity index is 987. The van der Waals surface area contributed by atoms with Crippen molar-refractivity contribution in [2.75, 3.05) is 58.6 Å². The first-order valence-electron chi connectivity index (χ1n) is 12.5. The monoisotopic (exact) mass is 507 g/mol. The molecule has 10 heteroatoms. The van der Waals surface area contributed by atoms with Crippen molar-refractivity contribution in [2.24, 2.45) is 11.8 Å². The van der Waals surface area contributed by atoms with Crippen molar-refractivity contribution < 1.29 is 27.8 Å². The molecule has 0 amide bonds. The lowest BCUT2D eigenvalue weighted by molar-refractivity contribution is -0.136. The summed E-state index contributed by atoms with van der Waals surface area (Å²) in [5, 5.41) is 9.12. The summed E-state index contributed by atoms with van der Waals surface area (Å²) in [6.07, 6.45) is 13.5. The number of likely N-dealkylation sites (tertiary alicyclic amines) is 1. The molecule has 0 aromatic heterocycles. The minimum Gasteiger partial charge on any atom is -0.475 e. The van der Waals surface area contributed by atoms with E-state index in [1.165, 1.54) is 18.1 Å². The number of carboxylic acids is 1. The van der Waals surface area contributed by atoms with E-state index >= 15 is 0 Å². The van der Waals surface area contributed by atoms with Crippen molar-refractivity contribution in [1.29, 1.82) is 0 Å². The third kappa shape index (κ3) is 6.75. The van der Waals surface area contributed by atoms with Gasteiger partial charge >= 0.3 is 5.97 Å². The quantitative estimate of drug-likeness (QED) is 0.508. The number of allylic oxidation sites excluding steroid dienone is 4. The van der Waals surface area contributed by atoms with Crippen LogP contribution in [0.25, 0.3) is 0 Å². The minimum absolute atomic E-state index is 0.0475. The molecule has 1 unspecified atom stereocenters. The van der Waals surface area contributed by atoms with E-state index in [1.54, 1.807) is 4.31 Å². The average molecular weight is 508 g/mol. The molecule has 0 spiro atoms. The van der Waals surface area contributed by atoms with Gasteiger partial charge in [0, 0.05) is 32.1 Å². The number of piperidine rings is 1. The number of likely N-dealkylation sites (N-methyl/N-ethyl adjacent to an activating group) is 1. The van der Waals surface area contributed by atoms with Crippen molar-refractivity contribution in [3.8, 4) is 0 Å². The second-order valence-electron chi connectivity index (χ2n) is 9.78. The Morgan fingerprint density at radius 3 is 2.46 bits per heavy atom. The van der Waals surface area contributed by atoms with Crippen LogP contribution >= 0.6 is 0 Å². The second-order valence-corrected chi connectivity index (χ2v) is 11.9. The van der Waals surface area contributed by atoms with E-state index in [0.29, 0.717) is 31.2 Å². The molecule has 1 aliphatic carbocycles. The third-order valence-corrected chi connectivity index (χ3v) is 9.36. The largest absolute Gasteiger partial charge is 0.475 e. The molecule has 1 N–H and O–H groups in total. The van der Waals surface area contributed by atoms with Crippen LogP contribution in [-0.4, -0.2) is 92.2 Å². The van der Waals surface area contributed by atoms with Crippen LogP contribution in [0.1, 0.15) is 32.1 Å². The van der Waals surface area contributed by atoms with Gasteiger partial charge in [-0.25, -0.2) is 13.2 Å². The summed E-state index contributed by atoms with van der Waals surface area (Å²) in [4.78, 5) is 15.7. The number of aliphatic carboxylic acids is 1. The van der Waals surface area contributed by atoms with Crippen LogP contribution in [0.5, 0.6) is 0 Å². The number of carboxylic acid groups (broad SMARTS) is 1. The lowest BCUT2D eigenvalue weighted by Gasteiger charge is -2.38. The maximum absolute atomic E-state index is 12.7. The van der Waals surface area contributed by atoms with E-state index in [2.05, 4.69) is 28.0 Å². The lowest BCUT2D eigenvalue weighted by Crippen LogP contribution is -2.48. The van der Waals surface area contributed by atoms with E-state index in [1.807, 2.05) is 7.05 Å². The van der Waals surface area contributed by atoms with Crippen LogP contribution in [0.3, 0.4) is 0 Å². The number of carbonyl (C=O) groups is 1. The number of rotatable bonds is 9. The summed E-state index contributed by atoms with van der Waals surface area (Å²) >= 11 is 0. The first-order valence-corrected chi connectivity index (χ1v) is 14.2. The Hall–Kier alpha value is -2.14. The molecule has 0 saturated carbocycles. The van der Waals surface area contributed by atoms with Crippen molar-refractivity contribution in [2.45, 2.75) is 32.1 Å². The highest BCUT2D eigenvalue weighted by molar-refractivity contribution is 7.89. The molecule has 1 atom stereocenters. The van der Waals surface area contributed by atoms with E-state index in [-0.39, 0.29) is 17.4 Å². The molecule has 2 saturated heterocycles. The van der Waals surface area contributed by atoms with Crippen molar-refractivity contribution in [3.63, 3.8) is 0 Å². The van der Waals surface area contributed by atoms with Crippen molar-refractivity contribution in [3.05, 3.63) is 47.8 Å². The van der Waals surface area contributed by atoms with Crippen LogP contribution < -0.4 is 0 Å². The van der Waals surface area contributed by atoms with Gasteiger partial charge in [-0.2, -0.15) is 4.31 Å². The minimum atomic E-state index is -3.19. The van der Waals surface area contributed by atoms with Crippen LogP contribution in [0.2, 0.25) is 0 Å². The fourth-order valence-electron chi connectivity index (χ4n) is 5.32. The van der Waals surface area contributed by atoms with Gasteiger partial charge in [0.25, 0.3) is 0 Å². The molecule has 4 rings (SSSR count). The highest BCUT2D eigenvalue weighted by atomic mass is 32.2. The van der Waals surface area contributed by atoms with Gasteiger partial charge in [-0.15, -0.1) is 0 Å². The number of piperazine rings is 1. The van der Waals surface area contributed by atoms with E-state index in [0.717, 1.165) is 58.4 Å². The topological polar surface area (TPSA) is 99.6 Å². The molecule has 194 valence electrons. The molecular formula is C25H37N3O6S. The molecular weight excluding hydrogens is 470 g/mol. The number of hydrogen-bond donors (Lipinski definition) is 1. The summed E-state index contributed by atoms with van der Waals surface area (Å²) in [5.41, 5.74) is 1.28. The lowest BCUT2D eigenvalue weighted by atomic mass is 9.76. The Balaban J connectivity index is 1.30. The Kier molecular flexibility index (Phi) is 8.69. The zero-order valence-corrected chi connectivity index (χ0v) is 21.3. The second kappa shape index (κ2) is 11.7. The Morgan fingerprint density at radius 1 is 1.11 bits per heavy atom. The highest BCUT2D eigenvalue weighted by Gasteiger charge is 2.34. The SMILES string of the molecule is CN1CCN(S(=O)(=O)CCCN2CCC(C(C3=CC=CCC3)C3=COC(C(=O)O)=CO3)CC2)CC1. The van der Waals surface area contributed by atoms with Gasteiger partial charge in [-0.1, -0.05) is 23.8 Å². The van der Waals surface area contributed by atoms with Gasteiger partial charge in [-0.05, 0) is 64.7 Å². The number of hydrogen-bond acceptors (Lipinski definition) is 7. The van der Waals surface area contributed by atoms with Crippen molar-refractivity contribution in [1.82, 2.24) is 14.1 Å². The summed E-state index contributed by atoms with van der Waals surface area (Å²) in [5.74, 6) is -0.104. The van der Waals surface area contributed by atoms with E-state index in [4.69, 9.17) is 14.6 Å². The number of sulfonamides is 1. The molecule has 9 nitrogen and oxygen atoms in total. The maximum Gasteiger partial charge on any atom is 0.375 e. The molecule has 0 radical (unpaired) electrons. The molecule has 3 aliphatic heterocycles. The van der Waals surface area contributed by atoms with Crippen LogP contribution in [-0.2, 0) is 24.3 Å². The van der Waals surface area contributed by atoms with Crippen LogP contribution in [0.4, 0.5) is 0 Å².